The van der Waals surface area contributed by atoms with Gasteiger partial charge in [-0.25, -0.2) is 4.98 Å². The Bertz CT molecular complexity index is 369. The average Bonchev–Trinajstić information content (AvgIpc) is 2.01. The molecule has 0 bridgehead atoms. The van der Waals surface area contributed by atoms with Crippen LogP contribution < -0.4 is 0 Å². The molecule has 0 saturated heterocycles. The molecule has 2 nitrogen and oxygen atoms in total. The van der Waals surface area contributed by atoms with Crippen molar-refractivity contribution in [2.45, 2.75) is 32.4 Å². The van der Waals surface area contributed by atoms with E-state index in [-0.39, 0.29) is 0 Å². The lowest BCUT2D eigenvalue weighted by Crippen LogP contribution is -2.03. The number of hydrogen-bond acceptors (Lipinski definition) is 3. The van der Waals surface area contributed by atoms with Gasteiger partial charge in [-0.3, -0.25) is 0 Å². The fourth-order valence-electron chi connectivity index (χ4n) is 1.54. The van der Waals surface area contributed by atoms with Crippen LogP contribution in [0.15, 0.2) is 0 Å². The molecule has 1 N–H and O–H groups in total. The Hall–Kier alpha value is -0.350. The Morgan fingerprint density at radius 1 is 1.50 bits per heavy atom. The van der Waals surface area contributed by atoms with Gasteiger partial charge < -0.3 is 4.98 Å². The second kappa shape index (κ2) is 4.94. The molecule has 0 aromatic carbocycles. The Kier molecular flexibility index (Phi) is 4.13. The molecule has 0 fully saturated rings. The third-order valence-corrected chi connectivity index (χ3v) is 2.93. The Labute approximate surface area is 94.5 Å². The van der Waals surface area contributed by atoms with Crippen LogP contribution in [0.1, 0.15) is 36.8 Å². The number of hydrogen-bond donors (Lipinski definition) is 1. The molecule has 1 aromatic heterocycles. The van der Waals surface area contributed by atoms with Crippen molar-refractivity contribution in [3.05, 3.63) is 21.7 Å². The summed E-state index contributed by atoms with van der Waals surface area (Å²) in [5.74, 6) is 2.31. The molecule has 0 spiro atoms. The van der Waals surface area contributed by atoms with E-state index >= 15 is 0 Å². The lowest BCUT2D eigenvalue weighted by molar-refractivity contribution is 0.810. The highest BCUT2D eigenvalue weighted by atomic mass is 32.2. The minimum absolute atomic E-state index is 0.439. The maximum absolute atomic E-state index is 5.28. The molecular weight excluding hydrogens is 212 g/mol. The third kappa shape index (κ3) is 2.58. The lowest BCUT2D eigenvalue weighted by atomic mass is 10.0. The summed E-state index contributed by atoms with van der Waals surface area (Å²) in [6.07, 6.45) is 2.06. The number of rotatable bonds is 3. The first-order valence-electron chi connectivity index (χ1n) is 4.65. The van der Waals surface area contributed by atoms with E-state index in [1.165, 1.54) is 5.56 Å². The number of H-pyrrole nitrogens is 1. The molecule has 0 atom stereocenters. The van der Waals surface area contributed by atoms with Crippen molar-refractivity contribution in [1.82, 2.24) is 9.97 Å². The van der Waals surface area contributed by atoms with Crippen molar-refractivity contribution in [3.8, 4) is 0 Å². The van der Waals surface area contributed by atoms with E-state index in [0.29, 0.717) is 5.92 Å². The molecule has 1 rings (SSSR count). The zero-order valence-electron chi connectivity index (χ0n) is 9.05. The summed E-state index contributed by atoms with van der Waals surface area (Å²) < 4.78 is 0.750. The zero-order chi connectivity index (χ0) is 10.7. The van der Waals surface area contributed by atoms with E-state index in [4.69, 9.17) is 12.2 Å². The van der Waals surface area contributed by atoms with Gasteiger partial charge >= 0.3 is 0 Å². The van der Waals surface area contributed by atoms with E-state index in [1.807, 2.05) is 0 Å². The number of nitrogens with one attached hydrogen (secondary N) is 1. The predicted octanol–water partition coefficient (Wildman–Crippen LogP) is 3.43. The van der Waals surface area contributed by atoms with Gasteiger partial charge in [0.1, 0.15) is 10.5 Å². The number of nitrogens with zero attached hydrogens (tertiary/aromatic N) is 1. The van der Waals surface area contributed by atoms with Crippen LogP contribution >= 0.6 is 24.0 Å². The summed E-state index contributed by atoms with van der Waals surface area (Å²) in [6, 6.07) is 0. The summed E-state index contributed by atoms with van der Waals surface area (Å²) in [4.78, 5) is 7.68. The molecule has 78 valence electrons. The van der Waals surface area contributed by atoms with Gasteiger partial charge in [-0.05, 0) is 19.1 Å². The molecule has 4 heteroatoms. The summed E-state index contributed by atoms with van der Waals surface area (Å²) in [6.45, 7) is 6.35. The maximum atomic E-state index is 5.28. The molecule has 14 heavy (non-hydrogen) atoms. The second-order valence-corrected chi connectivity index (χ2v) is 4.87. The van der Waals surface area contributed by atoms with Gasteiger partial charge in [0.2, 0.25) is 0 Å². The highest BCUT2D eigenvalue weighted by molar-refractivity contribution is 7.97. The van der Waals surface area contributed by atoms with Crippen molar-refractivity contribution in [3.63, 3.8) is 0 Å². The monoisotopic (exact) mass is 228 g/mol. The van der Waals surface area contributed by atoms with Gasteiger partial charge in [-0.2, -0.15) is 11.8 Å². The van der Waals surface area contributed by atoms with Crippen LogP contribution in [0.4, 0.5) is 0 Å². The van der Waals surface area contributed by atoms with E-state index < -0.39 is 0 Å². The maximum Gasteiger partial charge on any atom is 0.133 e. The molecule has 0 unspecified atom stereocenters. The third-order valence-electron chi connectivity index (χ3n) is 2.06. The largest absolute Gasteiger partial charge is 0.346 e. The van der Waals surface area contributed by atoms with Gasteiger partial charge in [0, 0.05) is 11.3 Å². The summed E-state index contributed by atoms with van der Waals surface area (Å²) in [7, 11) is 0. The van der Waals surface area contributed by atoms with Crippen LogP contribution in [-0.2, 0) is 5.75 Å². The van der Waals surface area contributed by atoms with Gasteiger partial charge in [-0.15, -0.1) is 0 Å². The summed E-state index contributed by atoms with van der Waals surface area (Å²) >= 11 is 7.02. The number of thioether (sulfide) groups is 1. The number of aromatic nitrogens is 2. The molecule has 0 aliphatic carbocycles. The molecule has 1 heterocycles. The summed E-state index contributed by atoms with van der Waals surface area (Å²) in [5, 5.41) is 0. The van der Waals surface area contributed by atoms with Crippen LogP contribution in [0.3, 0.4) is 0 Å². The molecule has 1 aromatic rings. The number of aryl methyl sites for hydroxylation is 1. The molecule has 0 amide bonds. The van der Waals surface area contributed by atoms with Gasteiger partial charge in [0.05, 0.1) is 5.75 Å². The Balaban J connectivity index is 3.19. The first kappa shape index (κ1) is 11.7. The van der Waals surface area contributed by atoms with E-state index in [1.54, 1.807) is 11.8 Å². The molecule has 0 radical (unpaired) electrons. The first-order chi connectivity index (χ1) is 6.56. The SMILES string of the molecule is CSCc1nc(=S)c(C(C)C)c(C)[nH]1. The van der Waals surface area contributed by atoms with Crippen molar-refractivity contribution >= 4 is 24.0 Å². The van der Waals surface area contributed by atoms with Crippen LogP contribution in [0, 0.1) is 11.6 Å². The molecule has 0 aliphatic rings. The fourth-order valence-corrected chi connectivity index (χ4v) is 2.45. The normalized spacial score (nSPS) is 10.9. The average molecular weight is 228 g/mol. The predicted molar refractivity (Wildman–Crippen MR) is 65.5 cm³/mol. The minimum atomic E-state index is 0.439. The zero-order valence-corrected chi connectivity index (χ0v) is 10.7. The van der Waals surface area contributed by atoms with Crippen molar-refractivity contribution in [2.75, 3.05) is 6.26 Å². The summed E-state index contributed by atoms with van der Waals surface area (Å²) in [5.41, 5.74) is 2.33. The highest BCUT2D eigenvalue weighted by Crippen LogP contribution is 2.18. The lowest BCUT2D eigenvalue weighted by Gasteiger charge is -2.10. The van der Waals surface area contributed by atoms with Crippen molar-refractivity contribution in [1.29, 1.82) is 0 Å². The van der Waals surface area contributed by atoms with Gasteiger partial charge in [-0.1, -0.05) is 26.1 Å². The molecule has 0 saturated carbocycles. The van der Waals surface area contributed by atoms with Crippen LogP contribution in [-0.4, -0.2) is 16.2 Å². The molecular formula is C10H16N2S2. The smallest absolute Gasteiger partial charge is 0.133 e. The van der Waals surface area contributed by atoms with Crippen molar-refractivity contribution < 1.29 is 0 Å². The standard InChI is InChI=1S/C10H16N2S2/c1-6(2)9-7(3)11-8(5-14-4)12-10(9)13/h6H,5H2,1-4H3,(H,11,12,13). The van der Waals surface area contributed by atoms with Crippen LogP contribution in [0.5, 0.6) is 0 Å². The second-order valence-electron chi connectivity index (χ2n) is 3.62. The number of aromatic amines is 1. The molecule has 0 aliphatic heterocycles. The van der Waals surface area contributed by atoms with E-state index in [0.717, 1.165) is 21.9 Å². The Morgan fingerprint density at radius 3 is 2.57 bits per heavy atom. The van der Waals surface area contributed by atoms with Crippen LogP contribution in [0.2, 0.25) is 0 Å². The minimum Gasteiger partial charge on any atom is -0.346 e. The Morgan fingerprint density at radius 2 is 2.14 bits per heavy atom. The van der Waals surface area contributed by atoms with Crippen molar-refractivity contribution in [2.24, 2.45) is 0 Å². The van der Waals surface area contributed by atoms with E-state index in [9.17, 15) is 0 Å². The van der Waals surface area contributed by atoms with E-state index in [2.05, 4.69) is 37.0 Å². The highest BCUT2D eigenvalue weighted by Gasteiger charge is 2.08. The quantitative estimate of drug-likeness (QED) is 0.803. The fraction of sp³-hybridized carbons (Fsp3) is 0.600. The first-order valence-corrected chi connectivity index (χ1v) is 6.45. The van der Waals surface area contributed by atoms with Crippen LogP contribution in [0.25, 0.3) is 0 Å². The van der Waals surface area contributed by atoms with Gasteiger partial charge in [0.15, 0.2) is 0 Å². The van der Waals surface area contributed by atoms with Gasteiger partial charge in [0.25, 0.3) is 0 Å². The topological polar surface area (TPSA) is 28.7 Å².